The fourth-order valence-corrected chi connectivity index (χ4v) is 2.58. The van der Waals surface area contributed by atoms with Crippen molar-refractivity contribution in [3.63, 3.8) is 0 Å². The van der Waals surface area contributed by atoms with Gasteiger partial charge in [0.1, 0.15) is 0 Å². The van der Waals surface area contributed by atoms with Crippen LogP contribution < -0.4 is 11.1 Å². The van der Waals surface area contributed by atoms with Crippen molar-refractivity contribution in [3.8, 4) is 0 Å². The molecule has 1 heterocycles. The lowest BCUT2D eigenvalue weighted by molar-refractivity contribution is -0.121. The highest BCUT2D eigenvalue weighted by atomic mass is 35.5. The van der Waals surface area contributed by atoms with Crippen molar-refractivity contribution in [3.05, 3.63) is 30.1 Å². The van der Waals surface area contributed by atoms with Gasteiger partial charge in [-0.2, -0.15) is 0 Å². The second-order valence-corrected chi connectivity index (χ2v) is 5.52. The maximum atomic E-state index is 11.8. The monoisotopic (exact) mass is 297 g/mol. The van der Waals surface area contributed by atoms with Gasteiger partial charge < -0.3 is 11.1 Å². The fourth-order valence-electron chi connectivity index (χ4n) is 2.58. The largest absolute Gasteiger partial charge is 0.354 e. The van der Waals surface area contributed by atoms with Gasteiger partial charge in [-0.3, -0.25) is 9.78 Å². The van der Waals surface area contributed by atoms with Crippen LogP contribution in [-0.2, 0) is 11.2 Å². The minimum atomic E-state index is -0.182. The number of hydrogen-bond acceptors (Lipinski definition) is 3. The van der Waals surface area contributed by atoms with Crippen LogP contribution in [0.1, 0.15) is 44.2 Å². The third kappa shape index (κ3) is 5.47. The van der Waals surface area contributed by atoms with Crippen LogP contribution >= 0.6 is 12.4 Å². The molecule has 0 radical (unpaired) electrons. The predicted molar refractivity (Wildman–Crippen MR) is 82.8 cm³/mol. The standard InChI is InChI=1S/C15H23N3O.ClH/c16-15(9-3-1-4-10-15)12-18-14(19)8-7-13-6-2-5-11-17-13;/h2,5-6,11H,1,3-4,7-10,12,16H2,(H,18,19);1H. The summed E-state index contributed by atoms with van der Waals surface area (Å²) in [6.07, 6.45) is 8.59. The van der Waals surface area contributed by atoms with E-state index >= 15 is 0 Å². The number of pyridine rings is 1. The van der Waals surface area contributed by atoms with E-state index in [1.165, 1.54) is 19.3 Å². The molecular weight excluding hydrogens is 274 g/mol. The molecule has 4 nitrogen and oxygen atoms in total. The number of nitrogens with one attached hydrogen (secondary N) is 1. The molecule has 2 rings (SSSR count). The molecule has 0 bridgehead atoms. The Balaban J connectivity index is 0.00000200. The first-order valence-corrected chi connectivity index (χ1v) is 7.13. The summed E-state index contributed by atoms with van der Waals surface area (Å²) in [4.78, 5) is 16.0. The van der Waals surface area contributed by atoms with E-state index in [0.717, 1.165) is 18.5 Å². The molecule has 0 saturated heterocycles. The van der Waals surface area contributed by atoms with Crippen molar-refractivity contribution in [2.45, 2.75) is 50.5 Å². The zero-order valence-electron chi connectivity index (χ0n) is 11.8. The van der Waals surface area contributed by atoms with Crippen LogP contribution in [0.2, 0.25) is 0 Å². The van der Waals surface area contributed by atoms with Crippen LogP contribution in [0.5, 0.6) is 0 Å². The van der Waals surface area contributed by atoms with Gasteiger partial charge in [0.05, 0.1) is 0 Å². The van der Waals surface area contributed by atoms with Gasteiger partial charge in [-0.1, -0.05) is 25.3 Å². The van der Waals surface area contributed by atoms with Crippen LogP contribution in [0.25, 0.3) is 0 Å². The normalized spacial score (nSPS) is 17.1. The van der Waals surface area contributed by atoms with Crippen molar-refractivity contribution in [2.75, 3.05) is 6.54 Å². The average molecular weight is 298 g/mol. The molecule has 0 unspecified atom stereocenters. The smallest absolute Gasteiger partial charge is 0.220 e. The summed E-state index contributed by atoms with van der Waals surface area (Å²) in [5.74, 6) is 0.0704. The quantitative estimate of drug-likeness (QED) is 0.875. The maximum absolute atomic E-state index is 11.8. The Bertz CT molecular complexity index is 405. The average Bonchev–Trinajstić information content (AvgIpc) is 2.45. The summed E-state index contributed by atoms with van der Waals surface area (Å²) in [6, 6.07) is 5.76. The number of halogens is 1. The third-order valence-corrected chi connectivity index (χ3v) is 3.82. The number of nitrogens with two attached hydrogens (primary N) is 1. The second kappa shape index (κ2) is 8.22. The number of carbonyl (C=O) groups excluding carboxylic acids is 1. The van der Waals surface area contributed by atoms with E-state index in [1.807, 2.05) is 18.2 Å². The van der Waals surface area contributed by atoms with Gasteiger partial charge in [0.15, 0.2) is 0 Å². The summed E-state index contributed by atoms with van der Waals surface area (Å²) in [5.41, 5.74) is 7.06. The van der Waals surface area contributed by atoms with Crippen molar-refractivity contribution in [1.29, 1.82) is 0 Å². The summed E-state index contributed by atoms with van der Waals surface area (Å²) < 4.78 is 0. The van der Waals surface area contributed by atoms with Crippen molar-refractivity contribution in [2.24, 2.45) is 5.73 Å². The van der Waals surface area contributed by atoms with Crippen molar-refractivity contribution >= 4 is 18.3 Å². The number of nitrogens with zero attached hydrogens (tertiary/aromatic N) is 1. The van der Waals surface area contributed by atoms with E-state index in [1.54, 1.807) is 6.20 Å². The van der Waals surface area contributed by atoms with E-state index in [2.05, 4.69) is 10.3 Å². The zero-order valence-corrected chi connectivity index (χ0v) is 12.6. The molecule has 1 amide bonds. The fraction of sp³-hybridized carbons (Fsp3) is 0.600. The van der Waals surface area contributed by atoms with Crippen LogP contribution in [-0.4, -0.2) is 23.0 Å². The maximum Gasteiger partial charge on any atom is 0.220 e. The number of rotatable bonds is 5. The summed E-state index contributed by atoms with van der Waals surface area (Å²) in [7, 11) is 0. The molecular formula is C15H24ClN3O. The minimum absolute atomic E-state index is 0. The van der Waals surface area contributed by atoms with E-state index < -0.39 is 0 Å². The molecule has 1 aliphatic rings. The lowest BCUT2D eigenvalue weighted by Gasteiger charge is -2.33. The van der Waals surface area contributed by atoms with E-state index in [4.69, 9.17) is 5.73 Å². The van der Waals surface area contributed by atoms with Crippen LogP contribution in [0.15, 0.2) is 24.4 Å². The predicted octanol–water partition coefficient (Wildman–Crippen LogP) is 2.21. The highest BCUT2D eigenvalue weighted by Crippen LogP contribution is 2.25. The van der Waals surface area contributed by atoms with Gasteiger partial charge in [0, 0.05) is 30.4 Å². The van der Waals surface area contributed by atoms with Crippen LogP contribution in [0.3, 0.4) is 0 Å². The van der Waals surface area contributed by atoms with Crippen LogP contribution in [0.4, 0.5) is 0 Å². The third-order valence-electron chi connectivity index (χ3n) is 3.82. The van der Waals surface area contributed by atoms with Crippen LogP contribution in [0, 0.1) is 0 Å². The SMILES string of the molecule is Cl.NC1(CNC(=O)CCc2ccccn2)CCCCC1. The van der Waals surface area contributed by atoms with Gasteiger partial charge in [0.2, 0.25) is 5.91 Å². The number of aromatic nitrogens is 1. The molecule has 1 fully saturated rings. The van der Waals surface area contributed by atoms with E-state index in [9.17, 15) is 4.79 Å². The molecule has 112 valence electrons. The molecule has 0 atom stereocenters. The van der Waals surface area contributed by atoms with Gasteiger partial charge in [-0.05, 0) is 31.4 Å². The molecule has 1 aromatic heterocycles. The Hall–Kier alpha value is -1.13. The first kappa shape index (κ1) is 16.9. The molecule has 5 heteroatoms. The molecule has 1 saturated carbocycles. The summed E-state index contributed by atoms with van der Waals surface area (Å²) in [6.45, 7) is 0.605. The first-order chi connectivity index (χ1) is 9.18. The second-order valence-electron chi connectivity index (χ2n) is 5.52. The Morgan fingerprint density at radius 1 is 1.30 bits per heavy atom. The lowest BCUT2D eigenvalue weighted by atomic mass is 9.82. The van der Waals surface area contributed by atoms with Gasteiger partial charge >= 0.3 is 0 Å². The number of hydrogen-bond donors (Lipinski definition) is 2. The Kier molecular flexibility index (Phi) is 6.96. The lowest BCUT2D eigenvalue weighted by Crippen LogP contribution is -2.51. The Labute approximate surface area is 126 Å². The Morgan fingerprint density at radius 2 is 2.05 bits per heavy atom. The molecule has 0 aliphatic heterocycles. The zero-order chi connectivity index (χ0) is 13.6. The highest BCUT2D eigenvalue weighted by Gasteiger charge is 2.27. The van der Waals surface area contributed by atoms with Gasteiger partial charge in [-0.25, -0.2) is 0 Å². The molecule has 3 N–H and O–H groups in total. The summed E-state index contributed by atoms with van der Waals surface area (Å²) >= 11 is 0. The molecule has 0 spiro atoms. The van der Waals surface area contributed by atoms with E-state index in [0.29, 0.717) is 19.4 Å². The minimum Gasteiger partial charge on any atom is -0.354 e. The van der Waals surface area contributed by atoms with Crippen molar-refractivity contribution in [1.82, 2.24) is 10.3 Å². The molecule has 1 aromatic rings. The number of carbonyl (C=O) groups is 1. The van der Waals surface area contributed by atoms with E-state index in [-0.39, 0.29) is 23.9 Å². The topological polar surface area (TPSA) is 68.0 Å². The van der Waals surface area contributed by atoms with Crippen molar-refractivity contribution < 1.29 is 4.79 Å². The number of aryl methyl sites for hydroxylation is 1. The molecule has 20 heavy (non-hydrogen) atoms. The first-order valence-electron chi connectivity index (χ1n) is 7.13. The Morgan fingerprint density at radius 3 is 2.70 bits per heavy atom. The van der Waals surface area contributed by atoms with Gasteiger partial charge in [-0.15, -0.1) is 12.4 Å². The summed E-state index contributed by atoms with van der Waals surface area (Å²) in [5, 5.41) is 2.97. The van der Waals surface area contributed by atoms with Gasteiger partial charge in [0.25, 0.3) is 0 Å². The molecule has 0 aromatic carbocycles. The number of amides is 1. The highest BCUT2D eigenvalue weighted by molar-refractivity contribution is 5.85. The molecule has 1 aliphatic carbocycles.